The molecule has 0 saturated carbocycles. The molecule has 0 radical (unpaired) electrons. The molecule has 0 N–H and O–H groups in total. The van der Waals surface area contributed by atoms with Crippen LogP contribution in [0, 0.1) is 0 Å². The van der Waals surface area contributed by atoms with Crippen LogP contribution in [-0.4, -0.2) is 27.6 Å². The number of benzene rings is 1. The van der Waals surface area contributed by atoms with E-state index in [1.165, 1.54) is 18.2 Å². The van der Waals surface area contributed by atoms with Gasteiger partial charge in [0.1, 0.15) is 0 Å². The van der Waals surface area contributed by atoms with Crippen molar-refractivity contribution in [3.63, 3.8) is 0 Å². The molecule has 0 aliphatic carbocycles. The molecule has 0 unspecified atom stereocenters. The van der Waals surface area contributed by atoms with Crippen molar-refractivity contribution in [2.75, 3.05) is 18.0 Å². The van der Waals surface area contributed by atoms with E-state index in [0.717, 1.165) is 29.7 Å². The van der Waals surface area contributed by atoms with Gasteiger partial charge in [0.15, 0.2) is 0 Å². The first-order valence-electron chi connectivity index (χ1n) is 9.35. The summed E-state index contributed by atoms with van der Waals surface area (Å²) in [6.07, 6.45) is 0.403. The molecule has 150 valence electrons. The van der Waals surface area contributed by atoms with Crippen LogP contribution in [0.5, 0.6) is 0 Å². The van der Waals surface area contributed by atoms with Gasteiger partial charge in [0.25, 0.3) is 5.56 Å². The monoisotopic (exact) mass is 400 g/mol. The van der Waals surface area contributed by atoms with Crippen molar-refractivity contribution in [2.45, 2.75) is 25.6 Å². The zero-order valence-electron chi connectivity index (χ0n) is 15.6. The van der Waals surface area contributed by atoms with E-state index in [4.69, 9.17) is 0 Å². The van der Waals surface area contributed by atoms with Gasteiger partial charge >= 0.3 is 6.18 Å². The number of aromatic nitrogens is 3. The van der Waals surface area contributed by atoms with Crippen LogP contribution in [0.1, 0.15) is 17.5 Å². The van der Waals surface area contributed by atoms with Crippen molar-refractivity contribution in [3.05, 3.63) is 76.3 Å². The molecule has 8 heteroatoms. The van der Waals surface area contributed by atoms with Crippen LogP contribution < -0.4 is 10.5 Å². The number of fused-ring (bicyclic) bond motifs is 1. The summed E-state index contributed by atoms with van der Waals surface area (Å²) in [7, 11) is 0. The van der Waals surface area contributed by atoms with Gasteiger partial charge in [-0.05, 0) is 42.7 Å². The first-order valence-corrected chi connectivity index (χ1v) is 9.35. The Bertz CT molecular complexity index is 1050. The first kappa shape index (κ1) is 19.2. The number of rotatable bonds is 5. The second kappa shape index (κ2) is 7.69. The molecule has 29 heavy (non-hydrogen) atoms. The summed E-state index contributed by atoms with van der Waals surface area (Å²) in [5.41, 5.74) is 1.57. The number of hydrogen-bond acceptors (Lipinski definition) is 4. The molecule has 1 aliphatic rings. The third-order valence-corrected chi connectivity index (χ3v) is 5.02. The number of hydrogen-bond donors (Lipinski definition) is 0. The third kappa shape index (κ3) is 4.16. The quantitative estimate of drug-likeness (QED) is 0.654. The number of nitrogens with zero attached hydrogens (tertiary/aromatic N) is 4. The van der Waals surface area contributed by atoms with Crippen LogP contribution in [0.2, 0.25) is 0 Å². The highest BCUT2D eigenvalue weighted by Crippen LogP contribution is 2.29. The minimum atomic E-state index is -4.32. The van der Waals surface area contributed by atoms with E-state index >= 15 is 0 Å². The average Bonchev–Trinajstić information content (AvgIpc) is 3.12. The number of pyridine rings is 1. The Kier molecular flexibility index (Phi) is 5.08. The average molecular weight is 400 g/mol. The van der Waals surface area contributed by atoms with Gasteiger partial charge < -0.3 is 4.90 Å². The molecule has 2 aromatic heterocycles. The summed E-state index contributed by atoms with van der Waals surface area (Å²) in [6.45, 7) is 1.94. The normalized spacial score (nSPS) is 13.6. The largest absolute Gasteiger partial charge is 0.416 e. The standard InChI is InChI=1S/C21H19F3N4O/c22-21(23,24)17-5-3-15(4-6-17)2-1-11-27-12-13-28-19(29)14-18(26-20(27)28)16-7-9-25-10-8-16/h3-10,14H,1-2,11-13H2. The molecular weight excluding hydrogens is 381 g/mol. The van der Waals surface area contributed by atoms with Gasteiger partial charge in [-0.1, -0.05) is 12.1 Å². The maximum atomic E-state index is 12.7. The van der Waals surface area contributed by atoms with Crippen LogP contribution in [0.25, 0.3) is 11.3 Å². The molecule has 1 aliphatic heterocycles. The Morgan fingerprint density at radius 3 is 2.41 bits per heavy atom. The molecule has 5 nitrogen and oxygen atoms in total. The number of halogens is 3. The molecule has 1 aromatic carbocycles. The molecule has 0 amide bonds. The fourth-order valence-electron chi connectivity index (χ4n) is 3.48. The fourth-order valence-corrected chi connectivity index (χ4v) is 3.48. The molecule has 4 rings (SSSR count). The second-order valence-electron chi connectivity index (χ2n) is 6.95. The number of alkyl halides is 3. The van der Waals surface area contributed by atoms with E-state index in [1.54, 1.807) is 17.0 Å². The van der Waals surface area contributed by atoms with Crippen LogP contribution in [0.3, 0.4) is 0 Å². The molecule has 0 saturated heterocycles. The lowest BCUT2D eigenvalue weighted by atomic mass is 10.1. The smallest absolute Gasteiger partial charge is 0.340 e. The minimum Gasteiger partial charge on any atom is -0.340 e. The highest BCUT2D eigenvalue weighted by Gasteiger charge is 2.30. The third-order valence-electron chi connectivity index (χ3n) is 5.02. The Morgan fingerprint density at radius 2 is 1.72 bits per heavy atom. The lowest BCUT2D eigenvalue weighted by molar-refractivity contribution is -0.137. The Labute approximate surface area is 165 Å². The zero-order valence-corrected chi connectivity index (χ0v) is 15.6. The summed E-state index contributed by atoms with van der Waals surface area (Å²) >= 11 is 0. The van der Waals surface area contributed by atoms with Gasteiger partial charge in [-0.15, -0.1) is 0 Å². The zero-order chi connectivity index (χ0) is 20.4. The number of aryl methyl sites for hydroxylation is 1. The molecule has 0 fully saturated rings. The van der Waals surface area contributed by atoms with Crippen molar-refractivity contribution in [1.82, 2.24) is 14.5 Å². The fraction of sp³-hybridized carbons (Fsp3) is 0.286. The molecule has 0 atom stereocenters. The Hall–Kier alpha value is -3.16. The summed E-state index contributed by atoms with van der Waals surface area (Å²) in [5.74, 6) is 0.636. The van der Waals surface area contributed by atoms with E-state index in [-0.39, 0.29) is 5.56 Å². The highest BCUT2D eigenvalue weighted by atomic mass is 19.4. The van der Waals surface area contributed by atoms with Crippen molar-refractivity contribution < 1.29 is 13.2 Å². The van der Waals surface area contributed by atoms with Crippen LogP contribution in [0.4, 0.5) is 19.1 Å². The molecule has 0 spiro atoms. The maximum absolute atomic E-state index is 12.7. The van der Waals surface area contributed by atoms with Crippen molar-refractivity contribution in [1.29, 1.82) is 0 Å². The summed E-state index contributed by atoms with van der Waals surface area (Å²) in [6, 6.07) is 10.4. The van der Waals surface area contributed by atoms with E-state index in [2.05, 4.69) is 14.9 Å². The van der Waals surface area contributed by atoms with Gasteiger partial charge in [0.2, 0.25) is 5.95 Å². The predicted molar refractivity (Wildman–Crippen MR) is 104 cm³/mol. The van der Waals surface area contributed by atoms with Gasteiger partial charge in [0, 0.05) is 43.7 Å². The molecule has 3 aromatic rings. The highest BCUT2D eigenvalue weighted by molar-refractivity contribution is 5.59. The minimum absolute atomic E-state index is 0.0907. The van der Waals surface area contributed by atoms with E-state index in [0.29, 0.717) is 37.7 Å². The van der Waals surface area contributed by atoms with Crippen LogP contribution in [-0.2, 0) is 19.1 Å². The lowest BCUT2D eigenvalue weighted by Gasteiger charge is -2.17. The van der Waals surface area contributed by atoms with Crippen LogP contribution >= 0.6 is 0 Å². The molecule has 0 bridgehead atoms. The van der Waals surface area contributed by atoms with E-state index in [1.807, 2.05) is 12.1 Å². The summed E-state index contributed by atoms with van der Waals surface area (Å²) in [5, 5.41) is 0. The Balaban J connectivity index is 1.44. The molecular formula is C21H19F3N4O. The van der Waals surface area contributed by atoms with Gasteiger partial charge in [-0.3, -0.25) is 14.3 Å². The summed E-state index contributed by atoms with van der Waals surface area (Å²) in [4.78, 5) is 23.2. The molecule has 3 heterocycles. The van der Waals surface area contributed by atoms with Crippen molar-refractivity contribution >= 4 is 5.95 Å². The SMILES string of the molecule is O=c1cc(-c2ccncc2)nc2n1CCN2CCCc1ccc(C(F)(F)F)cc1. The van der Waals surface area contributed by atoms with Gasteiger partial charge in [-0.2, -0.15) is 13.2 Å². The van der Waals surface area contributed by atoms with Crippen molar-refractivity contribution in [2.24, 2.45) is 0 Å². The van der Waals surface area contributed by atoms with E-state index in [9.17, 15) is 18.0 Å². The maximum Gasteiger partial charge on any atom is 0.416 e. The summed E-state index contributed by atoms with van der Waals surface area (Å²) < 4.78 is 39.6. The Morgan fingerprint density at radius 1 is 1.00 bits per heavy atom. The van der Waals surface area contributed by atoms with Gasteiger partial charge in [-0.25, -0.2) is 4.98 Å². The second-order valence-corrected chi connectivity index (χ2v) is 6.95. The van der Waals surface area contributed by atoms with E-state index < -0.39 is 11.7 Å². The number of anilines is 1. The van der Waals surface area contributed by atoms with Crippen molar-refractivity contribution in [3.8, 4) is 11.3 Å². The first-order chi connectivity index (χ1) is 13.9. The van der Waals surface area contributed by atoms with Gasteiger partial charge in [0.05, 0.1) is 11.3 Å². The lowest BCUT2D eigenvalue weighted by Crippen LogP contribution is -2.24. The topological polar surface area (TPSA) is 51.0 Å². The predicted octanol–water partition coefficient (Wildman–Crippen LogP) is 3.78. The van der Waals surface area contributed by atoms with Crippen LogP contribution in [0.15, 0.2) is 59.7 Å².